The molecular formula is C15H11F3N4S. The summed E-state index contributed by atoms with van der Waals surface area (Å²) in [6.07, 6.45) is -2.77. The standard InChI is InChI=1S/C15H11F3N4S/c1-22-11(10-5-3-2-4-6-10)9-19-14(22)23-13-8-7-12(20-21-13)15(16,17)18/h2-9H,1H3. The number of benzene rings is 1. The summed E-state index contributed by atoms with van der Waals surface area (Å²) >= 11 is 1.16. The van der Waals surface area contributed by atoms with E-state index in [0.717, 1.165) is 29.1 Å². The van der Waals surface area contributed by atoms with Crippen molar-refractivity contribution < 1.29 is 13.2 Å². The van der Waals surface area contributed by atoms with Gasteiger partial charge in [-0.05, 0) is 29.5 Å². The van der Waals surface area contributed by atoms with E-state index in [-0.39, 0.29) is 0 Å². The van der Waals surface area contributed by atoms with Crippen molar-refractivity contribution in [3.63, 3.8) is 0 Å². The maximum absolute atomic E-state index is 12.5. The van der Waals surface area contributed by atoms with Crippen LogP contribution in [0.3, 0.4) is 0 Å². The second-order valence-corrected chi connectivity index (χ2v) is 5.70. The minimum Gasteiger partial charge on any atom is -0.322 e. The monoisotopic (exact) mass is 336 g/mol. The maximum Gasteiger partial charge on any atom is 0.435 e. The number of imidazole rings is 1. The van der Waals surface area contributed by atoms with Gasteiger partial charge in [-0.25, -0.2) is 4.98 Å². The van der Waals surface area contributed by atoms with E-state index in [9.17, 15) is 13.2 Å². The minimum absolute atomic E-state index is 0.353. The molecule has 0 N–H and O–H groups in total. The van der Waals surface area contributed by atoms with Crippen LogP contribution in [0.1, 0.15) is 5.69 Å². The normalized spacial score (nSPS) is 11.7. The Balaban J connectivity index is 1.83. The van der Waals surface area contributed by atoms with E-state index < -0.39 is 11.9 Å². The lowest BCUT2D eigenvalue weighted by Crippen LogP contribution is -2.08. The van der Waals surface area contributed by atoms with Gasteiger partial charge in [-0.15, -0.1) is 10.2 Å². The summed E-state index contributed by atoms with van der Waals surface area (Å²) in [7, 11) is 1.84. The molecule has 118 valence electrons. The molecule has 0 bridgehead atoms. The van der Waals surface area contributed by atoms with Gasteiger partial charge in [0, 0.05) is 7.05 Å². The number of rotatable bonds is 3. The number of nitrogens with zero attached hydrogens (tertiary/aromatic N) is 4. The van der Waals surface area contributed by atoms with Gasteiger partial charge in [-0.3, -0.25) is 0 Å². The molecular weight excluding hydrogens is 325 g/mol. The van der Waals surface area contributed by atoms with Crippen LogP contribution < -0.4 is 0 Å². The Kier molecular flexibility index (Phi) is 4.08. The molecule has 0 saturated heterocycles. The van der Waals surface area contributed by atoms with Crippen molar-refractivity contribution in [3.8, 4) is 11.3 Å². The van der Waals surface area contributed by atoms with Crippen LogP contribution in [0.4, 0.5) is 13.2 Å². The third-order valence-electron chi connectivity index (χ3n) is 3.14. The number of halogens is 3. The van der Waals surface area contributed by atoms with Crippen LogP contribution in [0.25, 0.3) is 11.3 Å². The van der Waals surface area contributed by atoms with Gasteiger partial charge in [0.25, 0.3) is 0 Å². The number of hydrogen-bond donors (Lipinski definition) is 0. The van der Waals surface area contributed by atoms with Gasteiger partial charge >= 0.3 is 6.18 Å². The molecule has 0 aliphatic rings. The smallest absolute Gasteiger partial charge is 0.322 e. The van der Waals surface area contributed by atoms with Crippen molar-refractivity contribution in [2.45, 2.75) is 16.4 Å². The molecule has 0 amide bonds. The van der Waals surface area contributed by atoms with E-state index in [1.807, 2.05) is 41.9 Å². The molecule has 3 aromatic rings. The summed E-state index contributed by atoms with van der Waals surface area (Å²) in [5, 5.41) is 7.79. The van der Waals surface area contributed by atoms with Crippen LogP contribution in [0.2, 0.25) is 0 Å². The van der Waals surface area contributed by atoms with Crippen LogP contribution in [-0.2, 0) is 13.2 Å². The zero-order chi connectivity index (χ0) is 16.4. The van der Waals surface area contributed by atoms with Crippen LogP contribution >= 0.6 is 11.8 Å². The van der Waals surface area contributed by atoms with E-state index in [4.69, 9.17) is 0 Å². The Morgan fingerprint density at radius 1 is 1.00 bits per heavy atom. The Hall–Kier alpha value is -2.35. The van der Waals surface area contributed by atoms with Crippen LogP contribution in [0, 0.1) is 0 Å². The van der Waals surface area contributed by atoms with Crippen molar-refractivity contribution in [3.05, 3.63) is 54.4 Å². The van der Waals surface area contributed by atoms with Gasteiger partial charge in [0.15, 0.2) is 10.9 Å². The molecule has 0 radical (unpaired) electrons. The Morgan fingerprint density at radius 3 is 2.35 bits per heavy atom. The molecule has 3 rings (SSSR count). The first-order chi connectivity index (χ1) is 10.9. The molecule has 23 heavy (non-hydrogen) atoms. The largest absolute Gasteiger partial charge is 0.435 e. The van der Waals surface area contributed by atoms with Crippen LogP contribution in [-0.4, -0.2) is 19.7 Å². The number of alkyl halides is 3. The Bertz CT molecular complexity index is 798. The van der Waals surface area contributed by atoms with Crippen molar-refractivity contribution in [2.75, 3.05) is 0 Å². The second kappa shape index (κ2) is 6.04. The Labute approximate surface area is 134 Å². The zero-order valence-electron chi connectivity index (χ0n) is 11.9. The molecule has 2 aromatic heterocycles. The van der Waals surface area contributed by atoms with Crippen molar-refractivity contribution >= 4 is 11.8 Å². The molecule has 0 atom stereocenters. The third kappa shape index (κ3) is 3.37. The minimum atomic E-state index is -4.49. The highest BCUT2D eigenvalue weighted by molar-refractivity contribution is 7.99. The van der Waals surface area contributed by atoms with E-state index in [2.05, 4.69) is 15.2 Å². The first kappa shape index (κ1) is 15.5. The molecule has 0 fully saturated rings. The van der Waals surface area contributed by atoms with Crippen molar-refractivity contribution in [1.29, 1.82) is 0 Å². The summed E-state index contributed by atoms with van der Waals surface area (Å²) < 4.78 is 39.3. The van der Waals surface area contributed by atoms with Crippen LogP contribution in [0.15, 0.2) is 58.8 Å². The molecule has 0 unspecified atom stereocenters. The molecule has 2 heterocycles. The number of aromatic nitrogens is 4. The first-order valence-corrected chi connectivity index (χ1v) is 7.43. The predicted octanol–water partition coefficient (Wildman–Crippen LogP) is 4.05. The maximum atomic E-state index is 12.5. The molecule has 8 heteroatoms. The lowest BCUT2D eigenvalue weighted by Gasteiger charge is -2.06. The lowest BCUT2D eigenvalue weighted by atomic mass is 10.2. The summed E-state index contributed by atoms with van der Waals surface area (Å²) in [6, 6.07) is 11.9. The SMILES string of the molecule is Cn1c(-c2ccccc2)cnc1Sc1ccc(C(F)(F)F)nn1. The zero-order valence-corrected chi connectivity index (χ0v) is 12.8. The summed E-state index contributed by atoms with van der Waals surface area (Å²) in [6.45, 7) is 0. The second-order valence-electron chi connectivity index (χ2n) is 4.71. The van der Waals surface area contributed by atoms with Gasteiger partial charge in [-0.1, -0.05) is 30.3 Å². The van der Waals surface area contributed by atoms with E-state index in [1.54, 1.807) is 6.20 Å². The first-order valence-electron chi connectivity index (χ1n) is 6.61. The fourth-order valence-corrected chi connectivity index (χ4v) is 2.73. The molecule has 0 aliphatic heterocycles. The number of hydrogen-bond acceptors (Lipinski definition) is 4. The van der Waals surface area contributed by atoms with Crippen molar-refractivity contribution in [2.24, 2.45) is 7.05 Å². The van der Waals surface area contributed by atoms with E-state index in [1.165, 1.54) is 6.07 Å². The van der Waals surface area contributed by atoms with Gasteiger partial charge in [0.1, 0.15) is 5.03 Å². The molecule has 4 nitrogen and oxygen atoms in total. The molecule has 0 aliphatic carbocycles. The van der Waals surface area contributed by atoms with Gasteiger partial charge in [0.05, 0.1) is 11.9 Å². The molecule has 0 spiro atoms. The van der Waals surface area contributed by atoms with Gasteiger partial charge in [-0.2, -0.15) is 13.2 Å². The van der Waals surface area contributed by atoms with E-state index in [0.29, 0.717) is 10.2 Å². The summed E-state index contributed by atoms with van der Waals surface area (Å²) in [5.74, 6) is 0. The van der Waals surface area contributed by atoms with E-state index >= 15 is 0 Å². The lowest BCUT2D eigenvalue weighted by molar-refractivity contribution is -0.141. The van der Waals surface area contributed by atoms with Crippen LogP contribution in [0.5, 0.6) is 0 Å². The third-order valence-corrected chi connectivity index (χ3v) is 4.13. The molecule has 1 aromatic carbocycles. The highest BCUT2D eigenvalue weighted by Crippen LogP contribution is 2.31. The van der Waals surface area contributed by atoms with Gasteiger partial charge < -0.3 is 4.57 Å². The molecule has 0 saturated carbocycles. The summed E-state index contributed by atoms with van der Waals surface area (Å²) in [4.78, 5) is 4.29. The van der Waals surface area contributed by atoms with Gasteiger partial charge in [0.2, 0.25) is 0 Å². The Morgan fingerprint density at radius 2 is 1.74 bits per heavy atom. The highest BCUT2D eigenvalue weighted by atomic mass is 32.2. The fraction of sp³-hybridized carbons (Fsp3) is 0.133. The van der Waals surface area contributed by atoms with Crippen molar-refractivity contribution in [1.82, 2.24) is 19.7 Å². The fourth-order valence-electron chi connectivity index (χ4n) is 1.98. The average molecular weight is 336 g/mol. The highest BCUT2D eigenvalue weighted by Gasteiger charge is 2.32. The average Bonchev–Trinajstić information content (AvgIpc) is 2.89. The topological polar surface area (TPSA) is 43.6 Å². The summed E-state index contributed by atoms with van der Waals surface area (Å²) in [5.41, 5.74) is 0.910. The predicted molar refractivity (Wildman–Crippen MR) is 79.8 cm³/mol. The quantitative estimate of drug-likeness (QED) is 0.724.